The second-order valence-electron chi connectivity index (χ2n) is 4.30. The van der Waals surface area contributed by atoms with E-state index in [1.807, 2.05) is 0 Å². The van der Waals surface area contributed by atoms with Crippen LogP contribution in [0.15, 0.2) is 39.3 Å². The largest absolute Gasteiger partial charge is 0.481 e. The molecule has 1 aromatic heterocycles. The van der Waals surface area contributed by atoms with Crippen molar-refractivity contribution < 1.29 is 14.7 Å². The molecule has 1 N–H and O–H groups in total. The highest BCUT2D eigenvalue weighted by Crippen LogP contribution is 2.25. The molecule has 2 aromatic rings. The zero-order valence-corrected chi connectivity index (χ0v) is 13.7. The van der Waals surface area contributed by atoms with E-state index < -0.39 is 5.97 Å². The Hall–Kier alpha value is -1.40. The van der Waals surface area contributed by atoms with Gasteiger partial charge in [0.2, 0.25) is 5.78 Å². The fourth-order valence-electron chi connectivity index (χ4n) is 1.94. The van der Waals surface area contributed by atoms with Gasteiger partial charge in [-0.1, -0.05) is 15.9 Å². The number of aliphatic carboxylic acids is 1. The number of halogens is 2. The number of aromatic nitrogens is 1. The summed E-state index contributed by atoms with van der Waals surface area (Å²) in [5, 5.41) is 8.86. The molecule has 2 rings (SSSR count). The van der Waals surface area contributed by atoms with Gasteiger partial charge in [0.15, 0.2) is 0 Å². The van der Waals surface area contributed by atoms with Crippen LogP contribution in [0.4, 0.5) is 0 Å². The lowest BCUT2D eigenvalue weighted by molar-refractivity contribution is -0.136. The summed E-state index contributed by atoms with van der Waals surface area (Å²) >= 11 is 6.65. The number of carboxylic acids is 1. The summed E-state index contributed by atoms with van der Waals surface area (Å²) in [7, 11) is 1.69. The molecule has 0 spiro atoms. The van der Waals surface area contributed by atoms with Crippen LogP contribution in [0.25, 0.3) is 0 Å². The van der Waals surface area contributed by atoms with Crippen molar-refractivity contribution in [2.24, 2.45) is 7.05 Å². The number of benzene rings is 1. The number of hydrogen-bond acceptors (Lipinski definition) is 2. The zero-order valence-electron chi connectivity index (χ0n) is 10.6. The minimum Gasteiger partial charge on any atom is -0.481 e. The minimum absolute atomic E-state index is 0.122. The third-order valence-electron chi connectivity index (χ3n) is 2.94. The van der Waals surface area contributed by atoms with Crippen molar-refractivity contribution in [2.75, 3.05) is 0 Å². The van der Waals surface area contributed by atoms with Gasteiger partial charge in [0.1, 0.15) is 5.69 Å². The lowest BCUT2D eigenvalue weighted by Gasteiger charge is -2.06. The van der Waals surface area contributed by atoms with Gasteiger partial charge in [-0.05, 0) is 46.3 Å². The third kappa shape index (κ3) is 3.02. The van der Waals surface area contributed by atoms with Crippen LogP contribution in [0.3, 0.4) is 0 Å². The highest BCUT2D eigenvalue weighted by atomic mass is 79.9. The molecule has 6 heteroatoms. The highest BCUT2D eigenvalue weighted by Gasteiger charge is 2.20. The zero-order chi connectivity index (χ0) is 14.9. The summed E-state index contributed by atoms with van der Waals surface area (Å²) in [5.74, 6) is -1.08. The predicted molar refractivity (Wildman–Crippen MR) is 82.0 cm³/mol. The van der Waals surface area contributed by atoms with Gasteiger partial charge in [-0.25, -0.2) is 0 Å². The Labute approximate surface area is 132 Å². The van der Waals surface area contributed by atoms with Gasteiger partial charge in [0, 0.05) is 27.3 Å². The molecule has 0 amide bonds. The summed E-state index contributed by atoms with van der Waals surface area (Å²) in [6, 6.07) is 8.70. The molecule has 1 aromatic carbocycles. The van der Waals surface area contributed by atoms with Crippen LogP contribution in [0.5, 0.6) is 0 Å². The van der Waals surface area contributed by atoms with Crippen LogP contribution in [-0.2, 0) is 18.3 Å². The van der Waals surface area contributed by atoms with Crippen LogP contribution in [0.1, 0.15) is 21.7 Å². The van der Waals surface area contributed by atoms with Crippen LogP contribution >= 0.6 is 31.9 Å². The predicted octanol–water partition coefficient (Wildman–Crippen LogP) is 3.41. The molecule has 0 aliphatic heterocycles. The molecule has 0 atom stereocenters. The first-order valence-electron chi connectivity index (χ1n) is 5.76. The lowest BCUT2D eigenvalue weighted by atomic mass is 10.1. The average molecular weight is 401 g/mol. The van der Waals surface area contributed by atoms with Gasteiger partial charge < -0.3 is 9.67 Å². The maximum atomic E-state index is 12.5. The molecule has 20 heavy (non-hydrogen) atoms. The first-order chi connectivity index (χ1) is 9.40. The van der Waals surface area contributed by atoms with Gasteiger partial charge in [0.05, 0.1) is 6.42 Å². The Morgan fingerprint density at radius 1 is 1.20 bits per heavy atom. The van der Waals surface area contributed by atoms with Crippen LogP contribution in [0, 0.1) is 0 Å². The molecule has 0 aliphatic carbocycles. The van der Waals surface area contributed by atoms with E-state index in [4.69, 9.17) is 5.11 Å². The average Bonchev–Trinajstić information content (AvgIpc) is 2.64. The van der Waals surface area contributed by atoms with E-state index >= 15 is 0 Å². The maximum Gasteiger partial charge on any atom is 0.309 e. The van der Waals surface area contributed by atoms with Crippen molar-refractivity contribution in [1.82, 2.24) is 4.57 Å². The van der Waals surface area contributed by atoms with Crippen molar-refractivity contribution >= 4 is 43.6 Å². The molecule has 0 saturated carbocycles. The lowest BCUT2D eigenvalue weighted by Crippen LogP contribution is -2.11. The van der Waals surface area contributed by atoms with E-state index in [0.29, 0.717) is 21.4 Å². The topological polar surface area (TPSA) is 59.3 Å². The fourth-order valence-corrected chi connectivity index (χ4v) is 2.91. The Bertz CT molecular complexity index is 674. The molecule has 0 saturated heterocycles. The van der Waals surface area contributed by atoms with Crippen LogP contribution < -0.4 is 0 Å². The number of hydrogen-bond donors (Lipinski definition) is 1. The first-order valence-corrected chi connectivity index (χ1v) is 7.35. The molecule has 104 valence electrons. The Balaban J connectivity index is 2.42. The van der Waals surface area contributed by atoms with E-state index in [9.17, 15) is 9.59 Å². The summed E-state index contributed by atoms with van der Waals surface area (Å²) in [6.07, 6.45) is -0.122. The molecular formula is C14H11Br2NO3. The van der Waals surface area contributed by atoms with E-state index in [1.165, 1.54) is 0 Å². The summed E-state index contributed by atoms with van der Waals surface area (Å²) < 4.78 is 3.11. The summed E-state index contributed by atoms with van der Waals surface area (Å²) in [6.45, 7) is 0. The molecule has 4 nitrogen and oxygen atoms in total. The minimum atomic E-state index is -0.930. The van der Waals surface area contributed by atoms with Gasteiger partial charge in [-0.2, -0.15) is 0 Å². The summed E-state index contributed by atoms with van der Waals surface area (Å²) in [4.78, 5) is 23.3. The van der Waals surface area contributed by atoms with Gasteiger partial charge in [-0.15, -0.1) is 0 Å². The van der Waals surface area contributed by atoms with E-state index in [1.54, 1.807) is 41.9 Å². The van der Waals surface area contributed by atoms with Crippen LogP contribution in [0.2, 0.25) is 0 Å². The number of nitrogens with zero attached hydrogens (tertiary/aromatic N) is 1. The third-order valence-corrected chi connectivity index (χ3v) is 4.07. The number of ketones is 1. The number of carbonyl (C=O) groups excluding carboxylic acids is 1. The molecule has 0 radical (unpaired) electrons. The second-order valence-corrected chi connectivity index (χ2v) is 6.07. The Morgan fingerprint density at radius 2 is 1.80 bits per heavy atom. The molecular weight excluding hydrogens is 390 g/mol. The Morgan fingerprint density at radius 3 is 2.35 bits per heavy atom. The fraction of sp³-hybridized carbons (Fsp3) is 0.143. The molecule has 0 aliphatic rings. The smallest absolute Gasteiger partial charge is 0.309 e. The Kier molecular flexibility index (Phi) is 4.45. The van der Waals surface area contributed by atoms with E-state index in [0.717, 1.165) is 4.47 Å². The SMILES string of the molecule is Cn1c(CC(=O)O)cc(Br)c1C(=O)c1ccc(Br)cc1. The standard InChI is InChI=1S/C14H11Br2NO3/c1-17-10(7-12(18)19)6-11(16)13(17)14(20)8-2-4-9(15)5-3-8/h2-6H,7H2,1H3,(H,18,19). The summed E-state index contributed by atoms with van der Waals surface area (Å²) in [5.41, 5.74) is 1.57. The van der Waals surface area contributed by atoms with E-state index in [2.05, 4.69) is 31.9 Å². The number of carboxylic acid groups (broad SMARTS) is 1. The van der Waals surface area contributed by atoms with E-state index in [-0.39, 0.29) is 12.2 Å². The molecule has 0 bridgehead atoms. The van der Waals surface area contributed by atoms with Crippen molar-refractivity contribution in [2.45, 2.75) is 6.42 Å². The van der Waals surface area contributed by atoms with Gasteiger partial charge in [-0.3, -0.25) is 9.59 Å². The maximum absolute atomic E-state index is 12.5. The monoisotopic (exact) mass is 399 g/mol. The number of rotatable bonds is 4. The first kappa shape index (κ1) is 15.0. The van der Waals surface area contributed by atoms with Crippen molar-refractivity contribution in [3.05, 3.63) is 56.2 Å². The van der Waals surface area contributed by atoms with Crippen molar-refractivity contribution in [3.8, 4) is 0 Å². The van der Waals surface area contributed by atoms with Crippen molar-refractivity contribution in [3.63, 3.8) is 0 Å². The quantitative estimate of drug-likeness (QED) is 0.800. The normalized spacial score (nSPS) is 10.6. The molecule has 0 fully saturated rings. The van der Waals surface area contributed by atoms with Gasteiger partial charge >= 0.3 is 5.97 Å². The van der Waals surface area contributed by atoms with Crippen molar-refractivity contribution in [1.29, 1.82) is 0 Å². The van der Waals surface area contributed by atoms with Crippen LogP contribution in [-0.4, -0.2) is 21.4 Å². The number of carbonyl (C=O) groups is 2. The molecule has 1 heterocycles. The molecule has 0 unspecified atom stereocenters. The second kappa shape index (κ2) is 5.93. The highest BCUT2D eigenvalue weighted by molar-refractivity contribution is 9.10. The van der Waals surface area contributed by atoms with Gasteiger partial charge in [0.25, 0.3) is 0 Å².